The summed E-state index contributed by atoms with van der Waals surface area (Å²) in [5.41, 5.74) is 0. The Hall–Kier alpha value is -2.89. The number of hydrogen-bond donors (Lipinski definition) is 0. The van der Waals surface area contributed by atoms with Gasteiger partial charge in [-0.25, -0.2) is 0 Å². The van der Waals surface area contributed by atoms with Crippen molar-refractivity contribution in [1.29, 1.82) is 0 Å². The zero-order valence-corrected chi connectivity index (χ0v) is 44.4. The number of ether oxygens (including phenoxy) is 3. The highest BCUT2D eigenvalue weighted by Gasteiger charge is 2.19. The van der Waals surface area contributed by atoms with Crippen molar-refractivity contribution in [2.75, 3.05) is 13.2 Å². The van der Waals surface area contributed by atoms with Crippen molar-refractivity contribution in [3.05, 3.63) is 60.8 Å². The Labute approximate surface area is 415 Å². The molecule has 0 heterocycles. The van der Waals surface area contributed by atoms with E-state index < -0.39 is 6.10 Å². The number of allylic oxidation sites excluding steroid dienone is 10. The van der Waals surface area contributed by atoms with Gasteiger partial charge in [-0.1, -0.05) is 248 Å². The number of carbonyl (C=O) groups excluding carboxylic acids is 3. The number of esters is 3. The van der Waals surface area contributed by atoms with Gasteiger partial charge >= 0.3 is 17.9 Å². The molecule has 0 aromatic rings. The van der Waals surface area contributed by atoms with Gasteiger partial charge < -0.3 is 14.2 Å². The van der Waals surface area contributed by atoms with Crippen molar-refractivity contribution >= 4 is 17.9 Å². The van der Waals surface area contributed by atoms with E-state index in [1.165, 1.54) is 141 Å². The first-order valence-electron chi connectivity index (χ1n) is 28.8. The van der Waals surface area contributed by atoms with Gasteiger partial charge in [0, 0.05) is 19.3 Å². The third-order valence-electron chi connectivity index (χ3n) is 12.5. The lowest BCUT2D eigenvalue weighted by Gasteiger charge is -2.18. The van der Waals surface area contributed by atoms with Crippen molar-refractivity contribution in [3.8, 4) is 0 Å². The molecule has 1 unspecified atom stereocenters. The summed E-state index contributed by atoms with van der Waals surface area (Å²) in [6.45, 7) is 6.49. The first-order valence-corrected chi connectivity index (χ1v) is 28.8. The Morgan fingerprint density at radius 2 is 0.582 bits per heavy atom. The number of carbonyl (C=O) groups is 3. The molecule has 0 fully saturated rings. The minimum Gasteiger partial charge on any atom is -0.462 e. The van der Waals surface area contributed by atoms with Crippen LogP contribution >= 0.6 is 0 Å². The molecular weight excluding hydrogens is 829 g/mol. The highest BCUT2D eigenvalue weighted by molar-refractivity contribution is 5.71. The largest absolute Gasteiger partial charge is 0.462 e. The molecule has 67 heavy (non-hydrogen) atoms. The molecule has 388 valence electrons. The molecular formula is C61H108O6. The second kappa shape index (κ2) is 55.7. The maximum Gasteiger partial charge on any atom is 0.306 e. The van der Waals surface area contributed by atoms with Crippen molar-refractivity contribution in [1.82, 2.24) is 0 Å². The maximum atomic E-state index is 12.8. The Balaban J connectivity index is 4.33. The van der Waals surface area contributed by atoms with Crippen LogP contribution in [0.1, 0.15) is 290 Å². The normalized spacial score (nSPS) is 12.5. The van der Waals surface area contributed by atoms with E-state index >= 15 is 0 Å². The van der Waals surface area contributed by atoms with Gasteiger partial charge in [0.1, 0.15) is 13.2 Å². The van der Waals surface area contributed by atoms with Gasteiger partial charge in [-0.3, -0.25) is 14.4 Å². The summed E-state index contributed by atoms with van der Waals surface area (Å²) in [6, 6.07) is 0. The van der Waals surface area contributed by atoms with E-state index in [2.05, 4.69) is 81.5 Å². The summed E-state index contributed by atoms with van der Waals surface area (Å²) < 4.78 is 16.8. The lowest BCUT2D eigenvalue weighted by atomic mass is 10.0. The molecule has 0 aliphatic heterocycles. The fourth-order valence-corrected chi connectivity index (χ4v) is 8.19. The molecule has 6 heteroatoms. The predicted octanol–water partition coefficient (Wildman–Crippen LogP) is 19.2. The quantitative estimate of drug-likeness (QED) is 0.0262. The third kappa shape index (κ3) is 53.9. The second-order valence-corrected chi connectivity index (χ2v) is 19.2. The molecule has 1 atom stereocenters. The molecule has 0 saturated carbocycles. The fourth-order valence-electron chi connectivity index (χ4n) is 8.19. The van der Waals surface area contributed by atoms with Crippen molar-refractivity contribution < 1.29 is 28.6 Å². The van der Waals surface area contributed by atoms with Crippen LogP contribution in [-0.4, -0.2) is 37.2 Å². The highest BCUT2D eigenvalue weighted by atomic mass is 16.6. The van der Waals surface area contributed by atoms with Crippen molar-refractivity contribution in [2.45, 2.75) is 297 Å². The van der Waals surface area contributed by atoms with Gasteiger partial charge in [-0.05, 0) is 83.5 Å². The molecule has 0 spiro atoms. The second-order valence-electron chi connectivity index (χ2n) is 19.2. The zero-order chi connectivity index (χ0) is 48.6. The van der Waals surface area contributed by atoms with Crippen LogP contribution in [0.4, 0.5) is 0 Å². The monoisotopic (exact) mass is 937 g/mol. The molecule has 0 aliphatic carbocycles. The van der Waals surface area contributed by atoms with E-state index in [-0.39, 0.29) is 31.1 Å². The van der Waals surface area contributed by atoms with E-state index in [1.54, 1.807) is 0 Å². The van der Waals surface area contributed by atoms with Crippen LogP contribution in [0.2, 0.25) is 0 Å². The molecule has 0 N–H and O–H groups in total. The van der Waals surface area contributed by atoms with Crippen LogP contribution in [0, 0.1) is 0 Å². The molecule has 0 aromatic heterocycles. The lowest BCUT2D eigenvalue weighted by molar-refractivity contribution is -0.167. The SMILES string of the molecule is CC/C=C\C/C=C\C/C=C\CCCCCC(=O)OCC(COC(=O)CCCCCCCCCCCCCCCCCCCCCCC)OC(=O)CCCCCCC/C=C\C/C=C\CCCCC. The van der Waals surface area contributed by atoms with Crippen LogP contribution in [0.25, 0.3) is 0 Å². The Bertz CT molecular complexity index is 1210. The van der Waals surface area contributed by atoms with E-state index in [9.17, 15) is 14.4 Å². The Kier molecular flexibility index (Phi) is 53.3. The Morgan fingerprint density at radius 1 is 0.313 bits per heavy atom. The molecule has 0 aliphatic rings. The highest BCUT2D eigenvalue weighted by Crippen LogP contribution is 2.16. The third-order valence-corrected chi connectivity index (χ3v) is 12.5. The summed E-state index contributed by atoms with van der Waals surface area (Å²) >= 11 is 0. The van der Waals surface area contributed by atoms with Gasteiger partial charge in [0.05, 0.1) is 0 Å². The standard InChI is InChI=1S/C61H108O6/c1-4-7-10-13-16-19-22-25-27-28-29-30-31-32-34-36-39-42-45-48-51-54-60(63)66-57-58(56-65-59(62)53-50-47-44-41-38-35-24-21-18-15-12-9-6-3)67-61(64)55-52-49-46-43-40-37-33-26-23-20-17-14-11-8-5-2/h9,12,17-18,20-21,26,33,35,38,58H,4-8,10-11,13-16,19,22-25,27-32,34,36-37,39-57H2,1-3H3/b12-9-,20-17-,21-18-,33-26-,38-35-. The summed E-state index contributed by atoms with van der Waals surface area (Å²) in [7, 11) is 0. The summed E-state index contributed by atoms with van der Waals surface area (Å²) in [5, 5.41) is 0. The summed E-state index contributed by atoms with van der Waals surface area (Å²) in [5.74, 6) is -0.921. The van der Waals surface area contributed by atoms with Crippen molar-refractivity contribution in [3.63, 3.8) is 0 Å². The van der Waals surface area contributed by atoms with Crippen LogP contribution in [0.15, 0.2) is 60.8 Å². The predicted molar refractivity (Wildman–Crippen MR) is 288 cm³/mol. The minimum absolute atomic E-state index is 0.0871. The minimum atomic E-state index is -0.792. The average Bonchev–Trinajstić information content (AvgIpc) is 3.33. The van der Waals surface area contributed by atoms with Gasteiger partial charge in [0.25, 0.3) is 0 Å². The van der Waals surface area contributed by atoms with Gasteiger partial charge in [-0.15, -0.1) is 0 Å². The zero-order valence-electron chi connectivity index (χ0n) is 44.4. The lowest BCUT2D eigenvalue weighted by Crippen LogP contribution is -2.30. The van der Waals surface area contributed by atoms with Gasteiger partial charge in [0.2, 0.25) is 0 Å². The fraction of sp³-hybridized carbons (Fsp3) is 0.787. The smallest absolute Gasteiger partial charge is 0.306 e. The summed E-state index contributed by atoms with van der Waals surface area (Å²) in [4.78, 5) is 38.1. The molecule has 0 bridgehead atoms. The summed E-state index contributed by atoms with van der Waals surface area (Å²) in [6.07, 6.45) is 69.3. The first-order chi connectivity index (χ1) is 33.0. The molecule has 0 radical (unpaired) electrons. The van der Waals surface area contributed by atoms with E-state index in [1.807, 2.05) is 0 Å². The van der Waals surface area contributed by atoms with Crippen molar-refractivity contribution in [2.24, 2.45) is 0 Å². The van der Waals surface area contributed by atoms with Gasteiger partial charge in [0.15, 0.2) is 6.10 Å². The molecule has 0 rings (SSSR count). The van der Waals surface area contributed by atoms with Crippen LogP contribution in [0.3, 0.4) is 0 Å². The van der Waals surface area contributed by atoms with Crippen LogP contribution in [-0.2, 0) is 28.6 Å². The van der Waals surface area contributed by atoms with E-state index in [0.29, 0.717) is 19.3 Å². The average molecular weight is 938 g/mol. The molecule has 6 nitrogen and oxygen atoms in total. The molecule has 0 saturated heterocycles. The molecule has 0 aromatic carbocycles. The topological polar surface area (TPSA) is 78.9 Å². The first kappa shape index (κ1) is 64.1. The molecule has 0 amide bonds. The number of hydrogen-bond acceptors (Lipinski definition) is 6. The van der Waals surface area contributed by atoms with E-state index in [0.717, 1.165) is 109 Å². The Morgan fingerprint density at radius 3 is 0.955 bits per heavy atom. The number of rotatable bonds is 52. The van der Waals surface area contributed by atoms with Gasteiger partial charge in [-0.2, -0.15) is 0 Å². The maximum absolute atomic E-state index is 12.8. The van der Waals surface area contributed by atoms with Crippen LogP contribution < -0.4 is 0 Å². The van der Waals surface area contributed by atoms with Crippen LogP contribution in [0.5, 0.6) is 0 Å². The van der Waals surface area contributed by atoms with E-state index in [4.69, 9.17) is 14.2 Å². The number of unbranched alkanes of at least 4 members (excludes halogenated alkanes) is 31.